The zero-order valence-electron chi connectivity index (χ0n) is 18.2. The maximum atomic E-state index is 13.1. The van der Waals surface area contributed by atoms with E-state index < -0.39 is 21.4 Å². The molecule has 0 bridgehead atoms. The van der Waals surface area contributed by atoms with Gasteiger partial charge in [0, 0.05) is 45.2 Å². The molecule has 2 saturated heterocycles. The van der Waals surface area contributed by atoms with Gasteiger partial charge in [-0.15, -0.1) is 0 Å². The van der Waals surface area contributed by atoms with Crippen LogP contribution in [0.1, 0.15) is 33.6 Å². The van der Waals surface area contributed by atoms with Gasteiger partial charge in [0.05, 0.1) is 4.90 Å². The molecule has 1 aromatic rings. The van der Waals surface area contributed by atoms with E-state index in [0.717, 1.165) is 12.1 Å². The molecule has 0 unspecified atom stereocenters. The SMILES string of the molecule is CC(C)(C)OC(=O)N1CCN(C(=O)C2CCN(S(=O)(=O)c3ccc(F)cc3)CC2)CC1. The Balaban J connectivity index is 1.51. The van der Waals surface area contributed by atoms with Gasteiger partial charge in [-0.2, -0.15) is 4.31 Å². The minimum atomic E-state index is -3.70. The topological polar surface area (TPSA) is 87.2 Å². The first-order valence-electron chi connectivity index (χ1n) is 10.5. The summed E-state index contributed by atoms with van der Waals surface area (Å²) in [6, 6.07) is 4.76. The van der Waals surface area contributed by atoms with E-state index in [0.29, 0.717) is 39.0 Å². The fraction of sp³-hybridized carbons (Fsp3) is 0.619. The lowest BCUT2D eigenvalue weighted by molar-refractivity contribution is -0.138. The van der Waals surface area contributed by atoms with Crippen molar-refractivity contribution in [2.45, 2.75) is 44.1 Å². The molecule has 2 aliphatic rings. The first-order valence-corrected chi connectivity index (χ1v) is 11.9. The van der Waals surface area contributed by atoms with Crippen molar-refractivity contribution in [3.8, 4) is 0 Å². The molecule has 1 aromatic carbocycles. The molecule has 10 heteroatoms. The van der Waals surface area contributed by atoms with Crippen LogP contribution in [-0.2, 0) is 19.6 Å². The van der Waals surface area contributed by atoms with Crippen LogP contribution in [0.2, 0.25) is 0 Å². The number of benzene rings is 1. The van der Waals surface area contributed by atoms with Crippen molar-refractivity contribution in [2.75, 3.05) is 39.3 Å². The van der Waals surface area contributed by atoms with E-state index in [-0.39, 0.29) is 35.9 Å². The molecule has 2 aliphatic heterocycles. The fourth-order valence-corrected chi connectivity index (χ4v) is 5.26. The highest BCUT2D eigenvalue weighted by atomic mass is 32.2. The standard InChI is InChI=1S/C21H30FN3O5S/c1-21(2,3)30-20(27)24-14-12-23(13-15-24)19(26)16-8-10-25(11-9-16)31(28,29)18-6-4-17(22)5-7-18/h4-7,16H,8-15H2,1-3H3. The summed E-state index contributed by atoms with van der Waals surface area (Å²) >= 11 is 0. The number of carbonyl (C=O) groups is 2. The van der Waals surface area contributed by atoms with Gasteiger partial charge in [-0.3, -0.25) is 4.79 Å². The average Bonchev–Trinajstić information content (AvgIpc) is 2.72. The largest absolute Gasteiger partial charge is 0.444 e. The number of piperazine rings is 1. The summed E-state index contributed by atoms with van der Waals surface area (Å²) in [6.07, 6.45) is 0.496. The number of ether oxygens (including phenoxy) is 1. The van der Waals surface area contributed by atoms with E-state index in [1.165, 1.54) is 16.4 Å². The van der Waals surface area contributed by atoms with Crippen molar-refractivity contribution in [3.63, 3.8) is 0 Å². The number of hydrogen-bond donors (Lipinski definition) is 0. The predicted molar refractivity (Wildman–Crippen MR) is 112 cm³/mol. The highest BCUT2D eigenvalue weighted by Gasteiger charge is 2.35. The minimum absolute atomic E-state index is 0.00247. The fourth-order valence-electron chi connectivity index (χ4n) is 3.79. The average molecular weight is 456 g/mol. The number of carbonyl (C=O) groups excluding carboxylic acids is 2. The lowest BCUT2D eigenvalue weighted by Crippen LogP contribution is -2.53. The molecule has 2 amide bonds. The third-order valence-corrected chi connectivity index (χ3v) is 7.41. The Kier molecular flexibility index (Phi) is 6.90. The smallest absolute Gasteiger partial charge is 0.410 e. The molecule has 172 valence electrons. The second-order valence-electron chi connectivity index (χ2n) is 8.92. The maximum absolute atomic E-state index is 13.1. The Morgan fingerprint density at radius 3 is 1.97 bits per heavy atom. The number of hydrogen-bond acceptors (Lipinski definition) is 5. The van der Waals surface area contributed by atoms with E-state index >= 15 is 0 Å². The van der Waals surface area contributed by atoms with Crippen molar-refractivity contribution in [1.29, 1.82) is 0 Å². The zero-order valence-corrected chi connectivity index (χ0v) is 19.0. The van der Waals surface area contributed by atoms with E-state index in [9.17, 15) is 22.4 Å². The summed E-state index contributed by atoms with van der Waals surface area (Å²) in [4.78, 5) is 28.5. The van der Waals surface area contributed by atoms with Crippen molar-refractivity contribution in [1.82, 2.24) is 14.1 Å². The summed E-state index contributed by atoms with van der Waals surface area (Å²) in [5, 5.41) is 0. The van der Waals surface area contributed by atoms with E-state index in [4.69, 9.17) is 4.74 Å². The van der Waals surface area contributed by atoms with Gasteiger partial charge in [0.1, 0.15) is 11.4 Å². The molecular weight excluding hydrogens is 425 g/mol. The van der Waals surface area contributed by atoms with Crippen LogP contribution < -0.4 is 0 Å². The molecule has 0 saturated carbocycles. The first kappa shape index (κ1) is 23.5. The van der Waals surface area contributed by atoms with E-state index in [1.807, 2.05) is 20.8 Å². The molecule has 0 aliphatic carbocycles. The van der Waals surface area contributed by atoms with Crippen LogP contribution in [0.3, 0.4) is 0 Å². The van der Waals surface area contributed by atoms with Gasteiger partial charge in [-0.1, -0.05) is 0 Å². The first-order chi connectivity index (χ1) is 14.5. The lowest BCUT2D eigenvalue weighted by atomic mass is 9.96. The quantitative estimate of drug-likeness (QED) is 0.698. The number of halogens is 1. The lowest BCUT2D eigenvalue weighted by Gasteiger charge is -2.38. The number of piperidine rings is 1. The third kappa shape index (κ3) is 5.74. The van der Waals surface area contributed by atoms with Crippen molar-refractivity contribution >= 4 is 22.0 Å². The summed E-state index contributed by atoms with van der Waals surface area (Å²) < 4.78 is 45.3. The van der Waals surface area contributed by atoms with Crippen LogP contribution >= 0.6 is 0 Å². The van der Waals surface area contributed by atoms with Crippen LogP contribution in [0.25, 0.3) is 0 Å². The second kappa shape index (κ2) is 9.12. The van der Waals surface area contributed by atoms with Gasteiger partial charge < -0.3 is 14.5 Å². The number of amides is 2. The molecule has 8 nitrogen and oxygen atoms in total. The predicted octanol–water partition coefficient (Wildman–Crippen LogP) is 2.31. The normalized spacial score (nSPS) is 19.4. The molecule has 0 radical (unpaired) electrons. The number of rotatable bonds is 3. The molecule has 3 rings (SSSR count). The van der Waals surface area contributed by atoms with Gasteiger partial charge >= 0.3 is 6.09 Å². The van der Waals surface area contributed by atoms with Crippen LogP contribution in [0, 0.1) is 11.7 Å². The minimum Gasteiger partial charge on any atom is -0.444 e. The van der Waals surface area contributed by atoms with Crippen molar-refractivity contribution in [2.24, 2.45) is 5.92 Å². The molecule has 2 heterocycles. The Labute approximate surface area is 183 Å². The summed E-state index contributed by atoms with van der Waals surface area (Å²) in [5.41, 5.74) is -0.563. The van der Waals surface area contributed by atoms with Crippen LogP contribution in [0.5, 0.6) is 0 Å². The molecule has 31 heavy (non-hydrogen) atoms. The van der Waals surface area contributed by atoms with Crippen LogP contribution in [0.15, 0.2) is 29.2 Å². The Morgan fingerprint density at radius 2 is 1.45 bits per heavy atom. The monoisotopic (exact) mass is 455 g/mol. The van der Waals surface area contributed by atoms with E-state index in [2.05, 4.69) is 0 Å². The van der Waals surface area contributed by atoms with Gasteiger partial charge in [0.15, 0.2) is 0 Å². The zero-order chi connectivity index (χ0) is 22.8. The van der Waals surface area contributed by atoms with Gasteiger partial charge in [0.2, 0.25) is 15.9 Å². The highest BCUT2D eigenvalue weighted by molar-refractivity contribution is 7.89. The van der Waals surface area contributed by atoms with Gasteiger partial charge in [-0.05, 0) is 57.9 Å². The highest BCUT2D eigenvalue weighted by Crippen LogP contribution is 2.26. The van der Waals surface area contributed by atoms with Crippen LogP contribution in [0.4, 0.5) is 9.18 Å². The maximum Gasteiger partial charge on any atom is 0.410 e. The molecule has 0 aromatic heterocycles. The third-order valence-electron chi connectivity index (χ3n) is 5.50. The number of nitrogens with zero attached hydrogens (tertiary/aromatic N) is 3. The summed E-state index contributed by atoms with van der Waals surface area (Å²) in [5.74, 6) is -0.731. The van der Waals surface area contributed by atoms with Crippen molar-refractivity contribution in [3.05, 3.63) is 30.1 Å². The molecule has 2 fully saturated rings. The Hall–Kier alpha value is -2.20. The summed E-state index contributed by atoms with van der Waals surface area (Å²) in [6.45, 7) is 7.63. The van der Waals surface area contributed by atoms with E-state index in [1.54, 1.807) is 9.80 Å². The molecule has 0 N–H and O–H groups in total. The second-order valence-corrected chi connectivity index (χ2v) is 10.9. The molecule has 0 atom stereocenters. The van der Waals surface area contributed by atoms with Gasteiger partial charge in [-0.25, -0.2) is 17.6 Å². The van der Waals surface area contributed by atoms with Crippen LogP contribution in [-0.4, -0.2) is 79.4 Å². The summed E-state index contributed by atoms with van der Waals surface area (Å²) in [7, 11) is -3.70. The molecular formula is C21H30FN3O5S. The Morgan fingerprint density at radius 1 is 0.935 bits per heavy atom. The number of sulfonamides is 1. The Bertz CT molecular complexity index is 898. The van der Waals surface area contributed by atoms with Gasteiger partial charge in [0.25, 0.3) is 0 Å². The molecule has 0 spiro atoms. The van der Waals surface area contributed by atoms with Crippen molar-refractivity contribution < 1.29 is 27.1 Å².